The van der Waals surface area contributed by atoms with E-state index in [2.05, 4.69) is 5.32 Å². The third-order valence-corrected chi connectivity index (χ3v) is 2.05. The summed E-state index contributed by atoms with van der Waals surface area (Å²) in [7, 11) is 0. The second-order valence-electron chi connectivity index (χ2n) is 3.70. The summed E-state index contributed by atoms with van der Waals surface area (Å²) in [6.45, 7) is 3.07. The first-order chi connectivity index (χ1) is 9.02. The highest BCUT2D eigenvalue weighted by molar-refractivity contribution is 5.92. The Kier molecular flexibility index (Phi) is 5.53. The minimum Gasteiger partial charge on any atom is -0.454 e. The van der Waals surface area contributed by atoms with Gasteiger partial charge in [0.25, 0.3) is 0 Å². The lowest BCUT2D eigenvalue weighted by atomic mass is 10.2. The number of esters is 1. The van der Waals surface area contributed by atoms with Crippen molar-refractivity contribution in [2.75, 3.05) is 18.5 Å². The van der Waals surface area contributed by atoms with Crippen LogP contribution in [0, 0.1) is 0 Å². The summed E-state index contributed by atoms with van der Waals surface area (Å²) in [5, 5.41) is 2.49. The number of benzene rings is 1. The van der Waals surface area contributed by atoms with Crippen LogP contribution in [0.5, 0.6) is 0 Å². The molecular formula is C13H15NO5. The van der Waals surface area contributed by atoms with Gasteiger partial charge in [0.1, 0.15) is 6.61 Å². The van der Waals surface area contributed by atoms with Crippen molar-refractivity contribution in [1.82, 2.24) is 0 Å². The standard InChI is InChI=1S/C13H15NO5/c1-3-18-13(17)14-11-6-4-10(5-7-11)12(16)19-8-9(2)15/h4-7H,3,8H2,1-2H3,(H,14,17). The molecule has 1 rings (SSSR count). The predicted octanol–water partition coefficient (Wildman–Crippen LogP) is 2.00. The van der Waals surface area contributed by atoms with Crippen molar-refractivity contribution in [3.8, 4) is 0 Å². The number of ketones is 1. The quantitative estimate of drug-likeness (QED) is 0.823. The zero-order valence-electron chi connectivity index (χ0n) is 10.8. The van der Waals surface area contributed by atoms with Crippen molar-refractivity contribution in [3.63, 3.8) is 0 Å². The Balaban J connectivity index is 2.58. The summed E-state index contributed by atoms with van der Waals surface area (Å²) < 4.78 is 9.46. The van der Waals surface area contributed by atoms with E-state index < -0.39 is 12.1 Å². The van der Waals surface area contributed by atoms with Gasteiger partial charge in [0, 0.05) is 5.69 Å². The molecule has 0 bridgehead atoms. The lowest BCUT2D eigenvalue weighted by molar-refractivity contribution is -0.120. The fraction of sp³-hybridized carbons (Fsp3) is 0.308. The van der Waals surface area contributed by atoms with Crippen molar-refractivity contribution in [1.29, 1.82) is 0 Å². The Bertz CT molecular complexity index is 466. The Labute approximate surface area is 110 Å². The molecule has 0 aliphatic rings. The monoisotopic (exact) mass is 265 g/mol. The maximum atomic E-state index is 11.5. The minimum absolute atomic E-state index is 0.228. The summed E-state index contributed by atoms with van der Waals surface area (Å²) in [5.41, 5.74) is 0.803. The van der Waals surface area contributed by atoms with Crippen molar-refractivity contribution in [2.45, 2.75) is 13.8 Å². The minimum atomic E-state index is -0.585. The number of amides is 1. The first-order valence-electron chi connectivity index (χ1n) is 5.73. The second kappa shape index (κ2) is 7.15. The highest BCUT2D eigenvalue weighted by Gasteiger charge is 2.08. The van der Waals surface area contributed by atoms with Gasteiger partial charge in [0.15, 0.2) is 5.78 Å². The Morgan fingerprint density at radius 1 is 1.11 bits per heavy atom. The fourth-order valence-electron chi connectivity index (χ4n) is 1.23. The summed E-state index contributed by atoms with van der Waals surface area (Å²) in [6, 6.07) is 6.07. The number of nitrogens with one attached hydrogen (secondary N) is 1. The smallest absolute Gasteiger partial charge is 0.411 e. The van der Waals surface area contributed by atoms with Crippen LogP contribution in [0.3, 0.4) is 0 Å². The normalized spacial score (nSPS) is 9.58. The van der Waals surface area contributed by atoms with E-state index in [1.165, 1.54) is 19.1 Å². The molecule has 0 heterocycles. The summed E-state index contributed by atoms with van der Waals surface area (Å²) in [4.78, 5) is 33.3. The van der Waals surface area contributed by atoms with E-state index in [1.54, 1.807) is 19.1 Å². The molecule has 0 fully saturated rings. The summed E-state index contributed by atoms with van der Waals surface area (Å²) in [6.07, 6.45) is -0.561. The molecule has 0 spiro atoms. The van der Waals surface area contributed by atoms with Gasteiger partial charge in [-0.2, -0.15) is 0 Å². The Morgan fingerprint density at radius 3 is 2.26 bits per heavy atom. The Morgan fingerprint density at radius 2 is 1.74 bits per heavy atom. The molecule has 0 atom stereocenters. The lowest BCUT2D eigenvalue weighted by Gasteiger charge is -2.06. The van der Waals surface area contributed by atoms with Crippen LogP contribution in [-0.4, -0.2) is 31.1 Å². The van der Waals surface area contributed by atoms with Gasteiger partial charge in [-0.1, -0.05) is 0 Å². The van der Waals surface area contributed by atoms with E-state index in [0.29, 0.717) is 11.3 Å². The number of carbonyl (C=O) groups is 3. The molecule has 0 unspecified atom stereocenters. The van der Waals surface area contributed by atoms with Crippen molar-refractivity contribution in [2.24, 2.45) is 0 Å². The van der Waals surface area contributed by atoms with Crippen LogP contribution < -0.4 is 5.32 Å². The van der Waals surface area contributed by atoms with Crippen LogP contribution in [-0.2, 0) is 14.3 Å². The third kappa shape index (κ3) is 5.20. The van der Waals surface area contributed by atoms with Crippen molar-refractivity contribution < 1.29 is 23.9 Å². The second-order valence-corrected chi connectivity index (χ2v) is 3.70. The van der Waals surface area contributed by atoms with Gasteiger partial charge in [-0.25, -0.2) is 9.59 Å². The van der Waals surface area contributed by atoms with Crippen LogP contribution in [0.4, 0.5) is 10.5 Å². The fourth-order valence-corrected chi connectivity index (χ4v) is 1.23. The predicted molar refractivity (Wildman–Crippen MR) is 68.1 cm³/mol. The number of rotatable bonds is 5. The van der Waals surface area contributed by atoms with E-state index in [0.717, 1.165) is 0 Å². The molecule has 19 heavy (non-hydrogen) atoms. The lowest BCUT2D eigenvalue weighted by Crippen LogP contribution is -2.14. The molecule has 1 amide bonds. The van der Waals surface area contributed by atoms with Crippen LogP contribution in [0.25, 0.3) is 0 Å². The first kappa shape index (κ1) is 14.7. The molecule has 0 saturated carbocycles. The van der Waals surface area contributed by atoms with Gasteiger partial charge < -0.3 is 9.47 Å². The van der Waals surface area contributed by atoms with E-state index in [1.807, 2.05) is 0 Å². The molecule has 6 heteroatoms. The third-order valence-electron chi connectivity index (χ3n) is 2.05. The van der Waals surface area contributed by atoms with Gasteiger partial charge >= 0.3 is 12.1 Å². The highest BCUT2D eigenvalue weighted by atomic mass is 16.5. The summed E-state index contributed by atoms with van der Waals surface area (Å²) >= 11 is 0. The molecule has 1 aromatic rings. The molecular weight excluding hydrogens is 250 g/mol. The number of ether oxygens (including phenoxy) is 2. The average Bonchev–Trinajstić information content (AvgIpc) is 2.37. The van der Waals surface area contributed by atoms with Crippen molar-refractivity contribution in [3.05, 3.63) is 29.8 Å². The number of hydrogen-bond acceptors (Lipinski definition) is 5. The topological polar surface area (TPSA) is 81.7 Å². The van der Waals surface area contributed by atoms with E-state index in [4.69, 9.17) is 9.47 Å². The molecule has 0 aliphatic heterocycles. The van der Waals surface area contributed by atoms with E-state index >= 15 is 0 Å². The van der Waals surface area contributed by atoms with Crippen LogP contribution in [0.15, 0.2) is 24.3 Å². The maximum Gasteiger partial charge on any atom is 0.411 e. The highest BCUT2D eigenvalue weighted by Crippen LogP contribution is 2.11. The zero-order valence-corrected chi connectivity index (χ0v) is 10.8. The molecule has 0 radical (unpaired) electrons. The van der Waals surface area contributed by atoms with E-state index in [9.17, 15) is 14.4 Å². The Hall–Kier alpha value is -2.37. The molecule has 0 aromatic heterocycles. The number of carbonyl (C=O) groups excluding carboxylic acids is 3. The van der Waals surface area contributed by atoms with Gasteiger partial charge in [-0.3, -0.25) is 10.1 Å². The van der Waals surface area contributed by atoms with Crippen LogP contribution in [0.1, 0.15) is 24.2 Å². The average molecular weight is 265 g/mol. The zero-order chi connectivity index (χ0) is 14.3. The largest absolute Gasteiger partial charge is 0.454 e. The molecule has 1 aromatic carbocycles. The van der Waals surface area contributed by atoms with Gasteiger partial charge in [0.05, 0.1) is 12.2 Å². The van der Waals surface area contributed by atoms with E-state index in [-0.39, 0.29) is 19.0 Å². The van der Waals surface area contributed by atoms with Crippen LogP contribution >= 0.6 is 0 Å². The molecule has 6 nitrogen and oxygen atoms in total. The SMILES string of the molecule is CCOC(=O)Nc1ccc(C(=O)OCC(C)=O)cc1. The molecule has 0 saturated heterocycles. The van der Waals surface area contributed by atoms with Gasteiger partial charge in [0.2, 0.25) is 0 Å². The van der Waals surface area contributed by atoms with Crippen molar-refractivity contribution >= 4 is 23.5 Å². The number of Topliss-reactive ketones (excluding diaryl/α,β-unsaturated/α-hetero) is 1. The molecule has 1 N–H and O–H groups in total. The maximum absolute atomic E-state index is 11.5. The van der Waals surface area contributed by atoms with Crippen LogP contribution in [0.2, 0.25) is 0 Å². The molecule has 0 aliphatic carbocycles. The summed E-state index contributed by atoms with van der Waals surface area (Å²) in [5.74, 6) is -0.813. The van der Waals surface area contributed by atoms with Gasteiger partial charge in [-0.05, 0) is 38.1 Å². The molecule has 102 valence electrons. The first-order valence-corrected chi connectivity index (χ1v) is 5.73. The van der Waals surface area contributed by atoms with Gasteiger partial charge in [-0.15, -0.1) is 0 Å². The number of anilines is 1. The number of hydrogen-bond donors (Lipinski definition) is 1.